The van der Waals surface area contributed by atoms with Crippen LogP contribution in [0.1, 0.15) is 32.0 Å². The maximum atomic E-state index is 12.9. The van der Waals surface area contributed by atoms with Gasteiger partial charge in [0.15, 0.2) is 0 Å². The molecule has 156 valence electrons. The molecule has 0 aliphatic heterocycles. The Morgan fingerprint density at radius 3 is 2.93 bits per heavy atom. The number of aryl methyl sites for hydroxylation is 2. The molecule has 30 heavy (non-hydrogen) atoms. The maximum absolute atomic E-state index is 12.9. The molecule has 0 aliphatic carbocycles. The van der Waals surface area contributed by atoms with E-state index in [4.69, 9.17) is 0 Å². The zero-order valence-corrected chi connectivity index (χ0v) is 18.6. The van der Waals surface area contributed by atoms with E-state index in [0.717, 1.165) is 28.9 Å². The molecular formula is C21H23N5O2S2. The fraction of sp³-hybridized carbons (Fsp3) is 0.333. The van der Waals surface area contributed by atoms with Crippen molar-refractivity contribution in [3.8, 4) is 0 Å². The van der Waals surface area contributed by atoms with Crippen LogP contribution >= 0.6 is 23.1 Å². The number of hydrogen-bond donors (Lipinski definition) is 1. The summed E-state index contributed by atoms with van der Waals surface area (Å²) in [6, 6.07) is 9.68. The fourth-order valence-corrected chi connectivity index (χ4v) is 4.69. The lowest BCUT2D eigenvalue weighted by molar-refractivity contribution is -0.116. The third-order valence-corrected chi connectivity index (χ3v) is 6.56. The number of carbonyl (C=O) groups is 1. The third-order valence-electron chi connectivity index (χ3n) is 4.94. The number of nitrogens with one attached hydrogen (secondary N) is 1. The largest absolute Gasteiger partial charge is 0.326 e. The van der Waals surface area contributed by atoms with Crippen LogP contribution < -0.4 is 10.9 Å². The van der Waals surface area contributed by atoms with E-state index in [1.165, 1.54) is 11.3 Å². The van der Waals surface area contributed by atoms with Gasteiger partial charge in [0, 0.05) is 30.0 Å². The summed E-state index contributed by atoms with van der Waals surface area (Å²) in [6.45, 7) is 2.70. The number of anilines is 1. The average molecular weight is 442 g/mol. The van der Waals surface area contributed by atoms with Crippen molar-refractivity contribution in [2.45, 2.75) is 44.0 Å². The van der Waals surface area contributed by atoms with E-state index in [0.29, 0.717) is 29.3 Å². The average Bonchev–Trinajstić information content (AvgIpc) is 3.39. The number of hydrogen-bond acceptors (Lipinski definition) is 6. The van der Waals surface area contributed by atoms with Crippen molar-refractivity contribution in [2.75, 3.05) is 11.6 Å². The minimum Gasteiger partial charge on any atom is -0.326 e. The second-order valence-corrected chi connectivity index (χ2v) is 8.77. The van der Waals surface area contributed by atoms with Gasteiger partial charge in [0.05, 0.1) is 5.52 Å². The summed E-state index contributed by atoms with van der Waals surface area (Å²) in [7, 11) is 0. The summed E-state index contributed by atoms with van der Waals surface area (Å²) in [5.41, 5.74) is 1.57. The lowest BCUT2D eigenvalue weighted by Gasteiger charge is -2.09. The van der Waals surface area contributed by atoms with Crippen molar-refractivity contribution in [3.05, 3.63) is 51.9 Å². The van der Waals surface area contributed by atoms with Crippen molar-refractivity contribution in [1.82, 2.24) is 19.2 Å². The van der Waals surface area contributed by atoms with Crippen LogP contribution in [0.3, 0.4) is 0 Å². The summed E-state index contributed by atoms with van der Waals surface area (Å²) < 4.78 is 4.31. The Kier molecular flexibility index (Phi) is 6.19. The molecule has 0 spiro atoms. The van der Waals surface area contributed by atoms with E-state index in [-0.39, 0.29) is 17.9 Å². The zero-order valence-electron chi connectivity index (χ0n) is 16.9. The number of unbranched alkanes of at least 4 members (excludes halogenated alkanes) is 1. The van der Waals surface area contributed by atoms with Crippen LogP contribution in [0.15, 0.2) is 45.4 Å². The molecule has 0 saturated carbocycles. The SMILES string of the molecule is CCCCn1c(=O)c2sccc2n2c(CCC(=O)Nc3cccc(SC)c3)nnc12. The van der Waals surface area contributed by atoms with Gasteiger partial charge < -0.3 is 5.32 Å². The van der Waals surface area contributed by atoms with E-state index < -0.39 is 0 Å². The maximum Gasteiger partial charge on any atom is 0.272 e. The van der Waals surface area contributed by atoms with Gasteiger partial charge in [-0.25, -0.2) is 0 Å². The van der Waals surface area contributed by atoms with Crippen molar-refractivity contribution in [2.24, 2.45) is 0 Å². The van der Waals surface area contributed by atoms with Gasteiger partial charge in [-0.3, -0.25) is 18.6 Å². The second-order valence-electron chi connectivity index (χ2n) is 6.98. The molecule has 3 heterocycles. The first-order valence-corrected chi connectivity index (χ1v) is 12.0. The number of thiophene rings is 1. The molecule has 0 atom stereocenters. The Morgan fingerprint density at radius 2 is 2.13 bits per heavy atom. The predicted octanol–water partition coefficient (Wildman–Crippen LogP) is 4.20. The number of aromatic nitrogens is 4. The molecule has 1 aromatic carbocycles. The Hall–Kier alpha value is -2.65. The normalized spacial score (nSPS) is 11.4. The molecule has 9 heteroatoms. The quantitative estimate of drug-likeness (QED) is 0.415. The number of benzene rings is 1. The highest BCUT2D eigenvalue weighted by Crippen LogP contribution is 2.21. The highest BCUT2D eigenvalue weighted by atomic mass is 32.2. The van der Waals surface area contributed by atoms with Crippen LogP contribution in [0.2, 0.25) is 0 Å². The predicted molar refractivity (Wildman–Crippen MR) is 123 cm³/mol. The minimum absolute atomic E-state index is 0.0219. The molecule has 0 fully saturated rings. The molecule has 7 nitrogen and oxygen atoms in total. The summed E-state index contributed by atoms with van der Waals surface area (Å²) in [6.07, 6.45) is 4.60. The van der Waals surface area contributed by atoms with Crippen LogP contribution in [-0.2, 0) is 17.8 Å². The van der Waals surface area contributed by atoms with E-state index >= 15 is 0 Å². The molecule has 4 rings (SSSR count). The third kappa shape index (κ3) is 3.99. The number of thioether (sulfide) groups is 1. The van der Waals surface area contributed by atoms with Crippen molar-refractivity contribution < 1.29 is 4.79 Å². The van der Waals surface area contributed by atoms with Gasteiger partial charge >= 0.3 is 0 Å². The number of carbonyl (C=O) groups excluding carboxylic acids is 1. The van der Waals surface area contributed by atoms with Gasteiger partial charge in [0.1, 0.15) is 10.5 Å². The van der Waals surface area contributed by atoms with Crippen LogP contribution in [0.4, 0.5) is 5.69 Å². The lowest BCUT2D eigenvalue weighted by atomic mass is 10.2. The molecule has 0 saturated heterocycles. The number of fused-ring (bicyclic) bond motifs is 3. The molecule has 0 bridgehead atoms. The lowest BCUT2D eigenvalue weighted by Crippen LogP contribution is -2.23. The number of rotatable bonds is 8. The van der Waals surface area contributed by atoms with E-state index in [9.17, 15) is 9.59 Å². The van der Waals surface area contributed by atoms with Crippen LogP contribution in [0.5, 0.6) is 0 Å². The first kappa shape index (κ1) is 20.6. The molecule has 1 N–H and O–H groups in total. The first-order valence-electron chi connectivity index (χ1n) is 9.90. The molecular weight excluding hydrogens is 418 g/mol. The second kappa shape index (κ2) is 9.01. The van der Waals surface area contributed by atoms with E-state index in [1.54, 1.807) is 16.3 Å². The van der Waals surface area contributed by atoms with Crippen molar-refractivity contribution in [3.63, 3.8) is 0 Å². The zero-order chi connectivity index (χ0) is 21.1. The standard InChI is InChI=1S/C21H23N5O2S2/c1-3-4-11-25-20(28)19-16(10-12-30-19)26-17(23-24-21(25)26)8-9-18(27)22-14-6-5-7-15(13-14)29-2/h5-7,10,12-13H,3-4,8-9,11H2,1-2H3,(H,22,27). The molecule has 4 aromatic rings. The Labute approximate surface area is 182 Å². The smallest absolute Gasteiger partial charge is 0.272 e. The van der Waals surface area contributed by atoms with Crippen LogP contribution in [0.25, 0.3) is 16.0 Å². The molecule has 0 radical (unpaired) electrons. The van der Waals surface area contributed by atoms with Crippen molar-refractivity contribution >= 4 is 50.7 Å². The van der Waals surface area contributed by atoms with Gasteiger partial charge in [0.25, 0.3) is 5.56 Å². The van der Waals surface area contributed by atoms with Gasteiger partial charge in [0.2, 0.25) is 11.7 Å². The van der Waals surface area contributed by atoms with E-state index in [2.05, 4.69) is 22.4 Å². The number of nitrogens with zero attached hydrogens (tertiary/aromatic N) is 4. The molecule has 1 amide bonds. The first-order chi connectivity index (χ1) is 14.6. The monoisotopic (exact) mass is 441 g/mol. The topological polar surface area (TPSA) is 81.3 Å². The van der Waals surface area contributed by atoms with Gasteiger partial charge in [-0.2, -0.15) is 0 Å². The fourth-order valence-electron chi connectivity index (χ4n) is 3.41. The Balaban J connectivity index is 1.59. The summed E-state index contributed by atoms with van der Waals surface area (Å²) in [5.74, 6) is 1.15. The molecule has 0 unspecified atom stereocenters. The van der Waals surface area contributed by atoms with Crippen LogP contribution in [0, 0.1) is 0 Å². The van der Waals surface area contributed by atoms with Crippen molar-refractivity contribution in [1.29, 1.82) is 0 Å². The van der Waals surface area contributed by atoms with Gasteiger partial charge in [-0.05, 0) is 42.3 Å². The minimum atomic E-state index is -0.0779. The van der Waals surface area contributed by atoms with Gasteiger partial charge in [-0.15, -0.1) is 33.3 Å². The Morgan fingerprint density at radius 1 is 1.27 bits per heavy atom. The summed E-state index contributed by atoms with van der Waals surface area (Å²) >= 11 is 3.06. The molecule has 3 aromatic heterocycles. The van der Waals surface area contributed by atoms with E-state index in [1.807, 2.05) is 46.4 Å². The number of amides is 1. The Bertz CT molecular complexity index is 1260. The summed E-state index contributed by atoms with van der Waals surface area (Å²) in [4.78, 5) is 26.5. The van der Waals surface area contributed by atoms with Gasteiger partial charge in [-0.1, -0.05) is 19.4 Å². The highest BCUT2D eigenvalue weighted by Gasteiger charge is 2.18. The van der Waals surface area contributed by atoms with Crippen LogP contribution in [-0.4, -0.2) is 31.3 Å². The summed E-state index contributed by atoms with van der Waals surface area (Å²) in [5, 5.41) is 13.5. The highest BCUT2D eigenvalue weighted by molar-refractivity contribution is 7.98. The molecule has 0 aliphatic rings.